The molecule has 1 aliphatic carbocycles. The summed E-state index contributed by atoms with van der Waals surface area (Å²) in [7, 11) is 0. The standard InChI is InChI=1S/C22H29NO2/c1-16(2)19-12-11-17(3)14-20(19)23(15-18-8-5-4-6-9-18)22(24)21-10-7-13-25-21/h4-10,13,16-17,19-20H,11-12,14-15H2,1-3H3. The number of benzene rings is 1. The molecule has 2 aromatic rings. The van der Waals surface area contributed by atoms with Crippen LogP contribution >= 0.6 is 0 Å². The molecule has 1 aliphatic rings. The maximum Gasteiger partial charge on any atom is 0.290 e. The first kappa shape index (κ1) is 17.8. The molecule has 0 bridgehead atoms. The zero-order valence-corrected chi connectivity index (χ0v) is 15.5. The third-order valence-corrected chi connectivity index (χ3v) is 5.58. The van der Waals surface area contributed by atoms with Gasteiger partial charge in [0.1, 0.15) is 0 Å². The van der Waals surface area contributed by atoms with Crippen molar-refractivity contribution in [3.63, 3.8) is 0 Å². The number of furan rings is 1. The number of hydrogen-bond acceptors (Lipinski definition) is 2. The third-order valence-electron chi connectivity index (χ3n) is 5.58. The average Bonchev–Trinajstić information content (AvgIpc) is 3.14. The highest BCUT2D eigenvalue weighted by Gasteiger charge is 2.37. The lowest BCUT2D eigenvalue weighted by atomic mass is 9.73. The lowest BCUT2D eigenvalue weighted by Crippen LogP contribution is -2.48. The molecular formula is C22H29NO2. The Morgan fingerprint density at radius 2 is 1.92 bits per heavy atom. The van der Waals surface area contributed by atoms with Crippen LogP contribution in [0.3, 0.4) is 0 Å². The van der Waals surface area contributed by atoms with E-state index in [1.165, 1.54) is 18.4 Å². The quantitative estimate of drug-likeness (QED) is 0.732. The van der Waals surface area contributed by atoms with Crippen LogP contribution in [0, 0.1) is 17.8 Å². The Balaban J connectivity index is 1.92. The van der Waals surface area contributed by atoms with Gasteiger partial charge in [-0.25, -0.2) is 0 Å². The molecule has 1 heterocycles. The molecule has 0 N–H and O–H groups in total. The van der Waals surface area contributed by atoms with Crippen LogP contribution in [0.4, 0.5) is 0 Å². The minimum absolute atomic E-state index is 0.0126. The molecule has 25 heavy (non-hydrogen) atoms. The van der Waals surface area contributed by atoms with Gasteiger partial charge in [-0.2, -0.15) is 0 Å². The Hall–Kier alpha value is -2.03. The van der Waals surface area contributed by atoms with Crippen LogP contribution in [0.2, 0.25) is 0 Å². The fraction of sp³-hybridized carbons (Fsp3) is 0.500. The minimum atomic E-state index is 0.0126. The maximum absolute atomic E-state index is 13.2. The first-order chi connectivity index (χ1) is 12.1. The van der Waals surface area contributed by atoms with Gasteiger partial charge in [0.25, 0.3) is 5.91 Å². The van der Waals surface area contributed by atoms with E-state index in [-0.39, 0.29) is 11.9 Å². The maximum atomic E-state index is 13.2. The summed E-state index contributed by atoms with van der Waals surface area (Å²) in [6.07, 6.45) is 5.10. The monoisotopic (exact) mass is 339 g/mol. The molecule has 0 radical (unpaired) electrons. The zero-order chi connectivity index (χ0) is 17.8. The Kier molecular flexibility index (Phi) is 5.62. The van der Waals surface area contributed by atoms with Gasteiger partial charge in [0.15, 0.2) is 5.76 Å². The largest absolute Gasteiger partial charge is 0.459 e. The van der Waals surface area contributed by atoms with Crippen molar-refractivity contribution in [2.24, 2.45) is 17.8 Å². The smallest absolute Gasteiger partial charge is 0.290 e. The van der Waals surface area contributed by atoms with Gasteiger partial charge in [-0.1, -0.05) is 57.5 Å². The molecule has 0 spiro atoms. The summed E-state index contributed by atoms with van der Waals surface area (Å²) in [4.78, 5) is 15.3. The van der Waals surface area contributed by atoms with E-state index >= 15 is 0 Å². The van der Waals surface area contributed by atoms with E-state index in [0.29, 0.717) is 30.1 Å². The zero-order valence-electron chi connectivity index (χ0n) is 15.5. The van der Waals surface area contributed by atoms with Gasteiger partial charge in [0.05, 0.1) is 6.26 Å². The van der Waals surface area contributed by atoms with Gasteiger partial charge < -0.3 is 9.32 Å². The van der Waals surface area contributed by atoms with Crippen molar-refractivity contribution in [3.05, 3.63) is 60.1 Å². The van der Waals surface area contributed by atoms with Crippen molar-refractivity contribution < 1.29 is 9.21 Å². The van der Waals surface area contributed by atoms with Gasteiger partial charge >= 0.3 is 0 Å². The first-order valence-electron chi connectivity index (χ1n) is 9.44. The average molecular weight is 339 g/mol. The van der Waals surface area contributed by atoms with Crippen molar-refractivity contribution in [1.82, 2.24) is 4.90 Å². The van der Waals surface area contributed by atoms with Gasteiger partial charge in [0.2, 0.25) is 0 Å². The predicted molar refractivity (Wildman–Crippen MR) is 100 cm³/mol. The molecule has 0 aliphatic heterocycles. The number of nitrogens with zero attached hydrogens (tertiary/aromatic N) is 1. The van der Waals surface area contributed by atoms with Crippen LogP contribution in [0.5, 0.6) is 0 Å². The van der Waals surface area contributed by atoms with E-state index < -0.39 is 0 Å². The summed E-state index contributed by atoms with van der Waals surface area (Å²) in [5, 5.41) is 0. The highest BCUT2D eigenvalue weighted by molar-refractivity contribution is 5.91. The van der Waals surface area contributed by atoms with Crippen molar-refractivity contribution in [3.8, 4) is 0 Å². The topological polar surface area (TPSA) is 33.5 Å². The normalized spacial score (nSPS) is 23.6. The highest BCUT2D eigenvalue weighted by atomic mass is 16.3. The van der Waals surface area contributed by atoms with Crippen LogP contribution in [-0.2, 0) is 6.54 Å². The third kappa shape index (κ3) is 4.15. The van der Waals surface area contributed by atoms with Crippen LogP contribution < -0.4 is 0 Å². The number of carbonyl (C=O) groups excluding carboxylic acids is 1. The van der Waals surface area contributed by atoms with Crippen molar-refractivity contribution in [1.29, 1.82) is 0 Å². The molecule has 3 atom stereocenters. The number of rotatable bonds is 5. The Morgan fingerprint density at radius 1 is 1.16 bits per heavy atom. The Labute approximate surface area is 151 Å². The second-order valence-electron chi connectivity index (χ2n) is 7.79. The number of carbonyl (C=O) groups is 1. The van der Waals surface area contributed by atoms with Crippen LogP contribution in [0.25, 0.3) is 0 Å². The first-order valence-corrected chi connectivity index (χ1v) is 9.44. The van der Waals surface area contributed by atoms with E-state index in [0.717, 1.165) is 6.42 Å². The van der Waals surface area contributed by atoms with Crippen molar-refractivity contribution in [2.45, 2.75) is 52.6 Å². The second kappa shape index (κ2) is 7.90. The summed E-state index contributed by atoms with van der Waals surface area (Å²) < 4.78 is 5.44. The van der Waals surface area contributed by atoms with Crippen LogP contribution in [-0.4, -0.2) is 16.8 Å². The van der Waals surface area contributed by atoms with Gasteiger partial charge in [-0.15, -0.1) is 0 Å². The summed E-state index contributed by atoms with van der Waals surface area (Å²) in [5.41, 5.74) is 1.17. The molecule has 0 saturated heterocycles. The van der Waals surface area contributed by atoms with E-state index in [4.69, 9.17) is 4.42 Å². The highest BCUT2D eigenvalue weighted by Crippen LogP contribution is 2.37. The fourth-order valence-corrected chi connectivity index (χ4v) is 4.17. The van der Waals surface area contributed by atoms with Crippen LogP contribution in [0.1, 0.15) is 56.2 Å². The molecular weight excluding hydrogens is 310 g/mol. The molecule has 3 heteroatoms. The predicted octanol–water partition coefficient (Wildman–Crippen LogP) is 5.38. The van der Waals surface area contributed by atoms with Crippen molar-refractivity contribution in [2.75, 3.05) is 0 Å². The number of hydrogen-bond donors (Lipinski definition) is 0. The molecule has 3 nitrogen and oxygen atoms in total. The molecule has 134 valence electrons. The molecule has 1 fully saturated rings. The summed E-state index contributed by atoms with van der Waals surface area (Å²) >= 11 is 0. The lowest BCUT2D eigenvalue weighted by molar-refractivity contribution is 0.0340. The summed E-state index contributed by atoms with van der Waals surface area (Å²) in [6, 6.07) is 14.1. The number of amides is 1. The van der Waals surface area contributed by atoms with Crippen molar-refractivity contribution >= 4 is 5.91 Å². The van der Waals surface area contributed by atoms with E-state index in [1.807, 2.05) is 18.2 Å². The van der Waals surface area contributed by atoms with Gasteiger partial charge in [0, 0.05) is 12.6 Å². The summed E-state index contributed by atoms with van der Waals surface area (Å²) in [5.74, 6) is 2.22. The molecule has 3 unspecified atom stereocenters. The second-order valence-corrected chi connectivity index (χ2v) is 7.79. The van der Waals surface area contributed by atoms with E-state index in [2.05, 4.69) is 37.8 Å². The summed E-state index contributed by atoms with van der Waals surface area (Å²) in [6.45, 7) is 7.51. The molecule has 1 aromatic carbocycles. The Morgan fingerprint density at radius 3 is 2.56 bits per heavy atom. The fourth-order valence-electron chi connectivity index (χ4n) is 4.17. The van der Waals surface area contributed by atoms with Gasteiger partial charge in [-0.05, 0) is 48.3 Å². The SMILES string of the molecule is CC1CCC(C(C)C)C(N(Cc2ccccc2)C(=O)c2ccco2)C1. The van der Waals surface area contributed by atoms with Gasteiger partial charge in [-0.3, -0.25) is 4.79 Å². The minimum Gasteiger partial charge on any atom is -0.459 e. The molecule has 1 aromatic heterocycles. The van der Waals surface area contributed by atoms with E-state index in [1.54, 1.807) is 18.4 Å². The van der Waals surface area contributed by atoms with E-state index in [9.17, 15) is 4.79 Å². The Bertz CT molecular complexity index is 663. The molecule has 1 saturated carbocycles. The lowest BCUT2D eigenvalue weighted by Gasteiger charge is -2.43. The van der Waals surface area contributed by atoms with Crippen LogP contribution in [0.15, 0.2) is 53.1 Å². The molecule has 1 amide bonds. The molecule has 3 rings (SSSR count).